The van der Waals surface area contributed by atoms with Crippen LogP contribution in [0.25, 0.3) is 0 Å². The lowest BCUT2D eigenvalue weighted by Gasteiger charge is -2.05. The van der Waals surface area contributed by atoms with Crippen molar-refractivity contribution in [2.75, 3.05) is 12.4 Å². The second kappa shape index (κ2) is 6.56. The number of amides is 1. The van der Waals surface area contributed by atoms with Crippen LogP contribution in [0.2, 0.25) is 0 Å². The van der Waals surface area contributed by atoms with Crippen LogP contribution >= 0.6 is 11.8 Å². The number of esters is 1. The third-order valence-electron chi connectivity index (χ3n) is 2.48. The Morgan fingerprint density at radius 1 is 1.32 bits per heavy atom. The number of ether oxygens (including phenoxy) is 1. The van der Waals surface area contributed by atoms with Crippen molar-refractivity contribution in [3.8, 4) is 0 Å². The molecule has 19 heavy (non-hydrogen) atoms. The van der Waals surface area contributed by atoms with Gasteiger partial charge in [0.1, 0.15) is 5.82 Å². The number of thioether (sulfide) groups is 1. The molecule has 0 aromatic heterocycles. The summed E-state index contributed by atoms with van der Waals surface area (Å²) < 4.78 is 17.5. The standard InChI is InChI=1S/C13H14FNO3S/c14-9-1-5-11(6-2-9)19-8-13(17)18-7-12(16)15-10-3-4-10/h1-2,5-6,10H,3-4,7-8H2,(H,15,16). The minimum Gasteiger partial charge on any atom is -0.455 e. The minimum absolute atomic E-state index is 0.0995. The largest absolute Gasteiger partial charge is 0.455 e. The molecule has 1 fully saturated rings. The monoisotopic (exact) mass is 283 g/mol. The predicted octanol–water partition coefficient (Wildman–Crippen LogP) is 1.74. The summed E-state index contributed by atoms with van der Waals surface area (Å²) in [4.78, 5) is 23.4. The van der Waals surface area contributed by atoms with E-state index in [1.54, 1.807) is 12.1 Å². The van der Waals surface area contributed by atoms with Crippen molar-refractivity contribution in [1.82, 2.24) is 5.32 Å². The number of halogens is 1. The molecule has 4 nitrogen and oxygen atoms in total. The molecule has 0 saturated heterocycles. The Kier molecular flexibility index (Phi) is 4.79. The van der Waals surface area contributed by atoms with Gasteiger partial charge in [0.25, 0.3) is 5.91 Å². The normalized spacial score (nSPS) is 13.9. The quantitative estimate of drug-likeness (QED) is 0.638. The second-order valence-corrected chi connectivity index (χ2v) is 5.29. The van der Waals surface area contributed by atoms with Gasteiger partial charge in [0.15, 0.2) is 6.61 Å². The number of carbonyl (C=O) groups excluding carboxylic acids is 2. The third-order valence-corrected chi connectivity index (χ3v) is 3.46. The van der Waals surface area contributed by atoms with Crippen LogP contribution in [-0.2, 0) is 14.3 Å². The summed E-state index contributed by atoms with van der Waals surface area (Å²) >= 11 is 1.24. The summed E-state index contributed by atoms with van der Waals surface area (Å²) in [5, 5.41) is 2.72. The van der Waals surface area contributed by atoms with E-state index < -0.39 is 5.97 Å². The molecule has 0 spiro atoms. The van der Waals surface area contributed by atoms with Gasteiger partial charge in [-0.05, 0) is 37.1 Å². The Morgan fingerprint density at radius 3 is 2.63 bits per heavy atom. The molecule has 2 rings (SSSR count). The first-order chi connectivity index (χ1) is 9.13. The van der Waals surface area contributed by atoms with Gasteiger partial charge in [-0.1, -0.05) is 0 Å². The number of hydrogen-bond acceptors (Lipinski definition) is 4. The van der Waals surface area contributed by atoms with Crippen molar-refractivity contribution in [2.24, 2.45) is 0 Å². The molecule has 1 aliphatic rings. The van der Waals surface area contributed by atoms with Crippen LogP contribution in [0.4, 0.5) is 4.39 Å². The zero-order valence-electron chi connectivity index (χ0n) is 10.2. The highest BCUT2D eigenvalue weighted by molar-refractivity contribution is 8.00. The Hall–Kier alpha value is -1.56. The number of nitrogens with one attached hydrogen (secondary N) is 1. The summed E-state index contributed by atoms with van der Waals surface area (Å²) in [5.41, 5.74) is 0. The van der Waals surface area contributed by atoms with Gasteiger partial charge in [-0.3, -0.25) is 9.59 Å². The summed E-state index contributed by atoms with van der Waals surface area (Å²) in [6.07, 6.45) is 2.00. The molecule has 1 aliphatic carbocycles. The Morgan fingerprint density at radius 2 is 2.00 bits per heavy atom. The first-order valence-corrected chi connectivity index (χ1v) is 6.95. The first-order valence-electron chi connectivity index (χ1n) is 5.97. The number of rotatable bonds is 6. The van der Waals surface area contributed by atoms with Crippen LogP contribution in [0.3, 0.4) is 0 Å². The van der Waals surface area contributed by atoms with Crippen molar-refractivity contribution in [2.45, 2.75) is 23.8 Å². The fourth-order valence-corrected chi connectivity index (χ4v) is 2.05. The highest BCUT2D eigenvalue weighted by Crippen LogP contribution is 2.19. The first kappa shape index (κ1) is 13.9. The molecule has 0 heterocycles. The topological polar surface area (TPSA) is 55.4 Å². The fourth-order valence-electron chi connectivity index (χ4n) is 1.36. The maximum absolute atomic E-state index is 12.7. The third kappa shape index (κ3) is 5.30. The Balaban J connectivity index is 1.63. The molecule has 0 aliphatic heterocycles. The summed E-state index contributed by atoms with van der Waals surface area (Å²) in [6.45, 7) is -0.237. The molecule has 1 N–H and O–H groups in total. The summed E-state index contributed by atoms with van der Waals surface area (Å²) in [5.74, 6) is -0.936. The van der Waals surface area contributed by atoms with Crippen molar-refractivity contribution in [3.63, 3.8) is 0 Å². The fraction of sp³-hybridized carbons (Fsp3) is 0.385. The van der Waals surface area contributed by atoms with Crippen LogP contribution < -0.4 is 5.32 Å². The van der Waals surface area contributed by atoms with E-state index in [1.807, 2.05) is 0 Å². The van der Waals surface area contributed by atoms with E-state index in [1.165, 1.54) is 23.9 Å². The SMILES string of the molecule is O=C(COC(=O)CSc1ccc(F)cc1)NC1CC1. The molecule has 1 amide bonds. The molecule has 1 aromatic carbocycles. The zero-order chi connectivity index (χ0) is 13.7. The van der Waals surface area contributed by atoms with Gasteiger partial charge in [-0.2, -0.15) is 0 Å². The molecule has 0 radical (unpaired) electrons. The van der Waals surface area contributed by atoms with E-state index in [0.29, 0.717) is 0 Å². The molecule has 0 atom stereocenters. The Labute approximate surface area is 114 Å². The van der Waals surface area contributed by atoms with E-state index in [9.17, 15) is 14.0 Å². The average molecular weight is 283 g/mol. The lowest BCUT2D eigenvalue weighted by atomic mass is 10.4. The van der Waals surface area contributed by atoms with Gasteiger partial charge >= 0.3 is 5.97 Å². The highest BCUT2D eigenvalue weighted by atomic mass is 32.2. The molecule has 0 unspecified atom stereocenters. The van der Waals surface area contributed by atoms with Gasteiger partial charge in [0.05, 0.1) is 5.75 Å². The summed E-state index contributed by atoms with van der Waals surface area (Å²) in [6, 6.07) is 6.10. The van der Waals surface area contributed by atoms with Crippen molar-refractivity contribution in [3.05, 3.63) is 30.1 Å². The van der Waals surface area contributed by atoms with Gasteiger partial charge in [0, 0.05) is 10.9 Å². The van der Waals surface area contributed by atoms with Crippen molar-refractivity contribution >= 4 is 23.6 Å². The predicted molar refractivity (Wildman–Crippen MR) is 69.2 cm³/mol. The maximum atomic E-state index is 12.7. The van der Waals surface area contributed by atoms with Crippen LogP contribution in [0.15, 0.2) is 29.2 Å². The number of carbonyl (C=O) groups is 2. The van der Waals surface area contributed by atoms with Gasteiger partial charge in [0.2, 0.25) is 0 Å². The van der Waals surface area contributed by atoms with E-state index in [-0.39, 0.29) is 30.1 Å². The van der Waals surface area contributed by atoms with Gasteiger partial charge < -0.3 is 10.1 Å². The smallest absolute Gasteiger partial charge is 0.316 e. The van der Waals surface area contributed by atoms with Crippen molar-refractivity contribution in [1.29, 1.82) is 0 Å². The van der Waals surface area contributed by atoms with Crippen molar-refractivity contribution < 1.29 is 18.7 Å². The van der Waals surface area contributed by atoms with E-state index >= 15 is 0 Å². The average Bonchev–Trinajstić information content (AvgIpc) is 3.19. The molecular weight excluding hydrogens is 269 g/mol. The van der Waals surface area contributed by atoms with Gasteiger partial charge in [-0.15, -0.1) is 11.8 Å². The summed E-state index contributed by atoms with van der Waals surface area (Å²) in [7, 11) is 0. The molecule has 1 saturated carbocycles. The lowest BCUT2D eigenvalue weighted by molar-refractivity contribution is -0.145. The van der Waals surface area contributed by atoms with Crippen LogP contribution in [0.5, 0.6) is 0 Å². The second-order valence-electron chi connectivity index (χ2n) is 4.25. The molecular formula is C13H14FNO3S. The number of hydrogen-bond donors (Lipinski definition) is 1. The highest BCUT2D eigenvalue weighted by Gasteiger charge is 2.23. The maximum Gasteiger partial charge on any atom is 0.316 e. The van der Waals surface area contributed by atoms with Crippen LogP contribution in [-0.4, -0.2) is 30.3 Å². The van der Waals surface area contributed by atoms with Gasteiger partial charge in [-0.25, -0.2) is 4.39 Å². The molecule has 102 valence electrons. The molecule has 6 heteroatoms. The molecule has 1 aromatic rings. The van der Waals surface area contributed by atoms with Crippen LogP contribution in [0, 0.1) is 5.82 Å². The minimum atomic E-state index is -0.458. The van der Waals surface area contributed by atoms with E-state index in [0.717, 1.165) is 17.7 Å². The molecule has 0 bridgehead atoms. The van der Waals surface area contributed by atoms with Crippen LogP contribution in [0.1, 0.15) is 12.8 Å². The number of benzene rings is 1. The van der Waals surface area contributed by atoms with E-state index in [4.69, 9.17) is 4.74 Å². The zero-order valence-corrected chi connectivity index (χ0v) is 11.0. The van der Waals surface area contributed by atoms with E-state index in [2.05, 4.69) is 5.32 Å². The lowest BCUT2D eigenvalue weighted by Crippen LogP contribution is -2.30. The Bertz CT molecular complexity index is 459.